The summed E-state index contributed by atoms with van der Waals surface area (Å²) in [5.74, 6) is 2.80. The van der Waals surface area contributed by atoms with Gasteiger partial charge < -0.3 is 11.1 Å². The maximum absolute atomic E-state index is 11.5. The minimum atomic E-state index is -0.533. The lowest BCUT2D eigenvalue weighted by Gasteiger charge is -2.27. The Morgan fingerprint density at radius 2 is 2.12 bits per heavy atom. The van der Waals surface area contributed by atoms with Gasteiger partial charge >= 0.3 is 0 Å². The lowest BCUT2D eigenvalue weighted by Crippen LogP contribution is -2.53. The van der Waals surface area contributed by atoms with Gasteiger partial charge in [-0.15, -0.1) is 0 Å². The number of thioether (sulfide) groups is 1. The first-order chi connectivity index (χ1) is 7.92. The van der Waals surface area contributed by atoms with E-state index in [-0.39, 0.29) is 5.91 Å². The van der Waals surface area contributed by atoms with Crippen LogP contribution in [0.2, 0.25) is 0 Å². The van der Waals surface area contributed by atoms with Gasteiger partial charge in [-0.3, -0.25) is 4.79 Å². The molecule has 0 saturated carbocycles. The van der Waals surface area contributed by atoms with Gasteiger partial charge in [-0.25, -0.2) is 0 Å². The van der Waals surface area contributed by atoms with Gasteiger partial charge in [-0.05, 0) is 50.2 Å². The summed E-state index contributed by atoms with van der Waals surface area (Å²) >= 11 is 1.96. The Labute approximate surface area is 110 Å². The van der Waals surface area contributed by atoms with Crippen LogP contribution in [0.1, 0.15) is 47.0 Å². The van der Waals surface area contributed by atoms with Crippen molar-refractivity contribution in [3.63, 3.8) is 0 Å². The Bertz CT molecular complexity index is 221. The third-order valence-electron chi connectivity index (χ3n) is 2.73. The second kappa shape index (κ2) is 8.81. The number of nitrogens with two attached hydrogens (primary N) is 1. The Kier molecular flexibility index (Phi) is 8.70. The van der Waals surface area contributed by atoms with E-state index in [9.17, 15) is 4.79 Å². The molecule has 0 heterocycles. The van der Waals surface area contributed by atoms with Crippen molar-refractivity contribution < 1.29 is 4.79 Å². The number of carbonyl (C=O) groups excluding carboxylic acids is 1. The van der Waals surface area contributed by atoms with Crippen molar-refractivity contribution in [1.29, 1.82) is 0 Å². The smallest absolute Gasteiger partial charge is 0.237 e. The zero-order valence-corrected chi connectivity index (χ0v) is 12.5. The van der Waals surface area contributed by atoms with Gasteiger partial charge in [0, 0.05) is 0 Å². The van der Waals surface area contributed by atoms with Crippen LogP contribution in [0.15, 0.2) is 0 Å². The Hall–Kier alpha value is -0.220. The van der Waals surface area contributed by atoms with Gasteiger partial charge in [0.05, 0.1) is 5.54 Å². The average Bonchev–Trinajstić information content (AvgIpc) is 2.25. The van der Waals surface area contributed by atoms with Gasteiger partial charge in [0.1, 0.15) is 0 Å². The molecule has 0 fully saturated rings. The first kappa shape index (κ1) is 16.8. The molecule has 0 aromatic carbocycles. The number of primary amides is 1. The molecular weight excluding hydrogens is 232 g/mol. The maximum atomic E-state index is 11.5. The minimum Gasteiger partial charge on any atom is -0.368 e. The number of hydrogen-bond donors (Lipinski definition) is 2. The molecule has 17 heavy (non-hydrogen) atoms. The Morgan fingerprint density at radius 1 is 1.47 bits per heavy atom. The molecule has 102 valence electrons. The van der Waals surface area contributed by atoms with E-state index in [0.717, 1.165) is 37.5 Å². The van der Waals surface area contributed by atoms with E-state index in [1.54, 1.807) is 0 Å². The van der Waals surface area contributed by atoms with Gasteiger partial charge in [-0.1, -0.05) is 20.8 Å². The van der Waals surface area contributed by atoms with Crippen molar-refractivity contribution in [3.8, 4) is 0 Å². The fourth-order valence-corrected chi connectivity index (χ4v) is 2.53. The predicted molar refractivity (Wildman–Crippen MR) is 77.3 cm³/mol. The molecule has 3 nitrogen and oxygen atoms in total. The quantitative estimate of drug-likeness (QED) is 0.593. The summed E-state index contributed by atoms with van der Waals surface area (Å²) < 4.78 is 0. The third kappa shape index (κ3) is 7.66. The average molecular weight is 260 g/mol. The van der Waals surface area contributed by atoms with Crippen molar-refractivity contribution in [1.82, 2.24) is 5.32 Å². The van der Waals surface area contributed by atoms with Crippen LogP contribution in [0.5, 0.6) is 0 Å². The highest BCUT2D eigenvalue weighted by Gasteiger charge is 2.29. The number of rotatable bonds is 10. The summed E-state index contributed by atoms with van der Waals surface area (Å²) in [5, 5.41) is 3.26. The number of amides is 1. The largest absolute Gasteiger partial charge is 0.368 e. The van der Waals surface area contributed by atoms with Crippen LogP contribution in [-0.2, 0) is 4.79 Å². The van der Waals surface area contributed by atoms with Crippen molar-refractivity contribution >= 4 is 17.7 Å². The molecule has 1 atom stereocenters. The van der Waals surface area contributed by atoms with Crippen molar-refractivity contribution in [3.05, 3.63) is 0 Å². The highest BCUT2D eigenvalue weighted by Crippen LogP contribution is 2.16. The second-order valence-electron chi connectivity index (χ2n) is 5.20. The summed E-state index contributed by atoms with van der Waals surface area (Å²) in [5.41, 5.74) is 4.93. The molecule has 0 aliphatic carbocycles. The normalized spacial score (nSPS) is 14.9. The van der Waals surface area contributed by atoms with Crippen LogP contribution in [0.4, 0.5) is 0 Å². The number of carbonyl (C=O) groups is 1. The molecule has 1 unspecified atom stereocenters. The molecule has 0 bridgehead atoms. The molecule has 0 aliphatic heterocycles. The number of nitrogens with one attached hydrogen (secondary N) is 1. The molecule has 0 rings (SSSR count). The summed E-state index contributed by atoms with van der Waals surface area (Å²) in [4.78, 5) is 11.5. The molecule has 0 spiro atoms. The van der Waals surface area contributed by atoms with E-state index >= 15 is 0 Å². The lowest BCUT2D eigenvalue weighted by atomic mass is 9.95. The van der Waals surface area contributed by atoms with Crippen LogP contribution in [0.25, 0.3) is 0 Å². The first-order valence-corrected chi connectivity index (χ1v) is 7.70. The van der Waals surface area contributed by atoms with Crippen molar-refractivity contribution in [2.45, 2.75) is 52.5 Å². The predicted octanol–water partition coefficient (Wildman–Crippen LogP) is 2.40. The van der Waals surface area contributed by atoms with Crippen LogP contribution < -0.4 is 11.1 Å². The molecular formula is C13H28N2OS. The van der Waals surface area contributed by atoms with Gasteiger partial charge in [0.15, 0.2) is 0 Å². The highest BCUT2D eigenvalue weighted by atomic mass is 32.2. The molecule has 3 N–H and O–H groups in total. The van der Waals surface area contributed by atoms with E-state index in [2.05, 4.69) is 26.1 Å². The summed E-state index contributed by atoms with van der Waals surface area (Å²) in [6.45, 7) is 9.30. The third-order valence-corrected chi connectivity index (χ3v) is 4.21. The zero-order chi connectivity index (χ0) is 13.3. The summed E-state index contributed by atoms with van der Waals surface area (Å²) in [6.07, 6.45) is 2.88. The summed E-state index contributed by atoms with van der Waals surface area (Å²) in [7, 11) is 0. The van der Waals surface area contributed by atoms with Crippen molar-refractivity contribution in [2.24, 2.45) is 11.7 Å². The fraction of sp³-hybridized carbons (Fsp3) is 0.923. The van der Waals surface area contributed by atoms with Crippen LogP contribution in [0, 0.1) is 5.92 Å². The molecule has 1 amide bonds. The molecule has 0 saturated heterocycles. The van der Waals surface area contributed by atoms with E-state index in [4.69, 9.17) is 5.73 Å². The zero-order valence-electron chi connectivity index (χ0n) is 11.7. The topological polar surface area (TPSA) is 55.1 Å². The monoisotopic (exact) mass is 260 g/mol. The van der Waals surface area contributed by atoms with Crippen LogP contribution >= 0.6 is 11.8 Å². The molecule has 0 radical (unpaired) electrons. The van der Waals surface area contributed by atoms with E-state index < -0.39 is 5.54 Å². The Balaban J connectivity index is 3.88. The molecule has 0 aromatic heterocycles. The Morgan fingerprint density at radius 3 is 2.59 bits per heavy atom. The second-order valence-corrected chi connectivity index (χ2v) is 6.35. The van der Waals surface area contributed by atoms with Gasteiger partial charge in [-0.2, -0.15) is 11.8 Å². The standard InChI is InChI=1S/C13H28N2OS/c1-5-8-15-13(4,12(14)16)7-6-9-17-10-11(2)3/h11,15H,5-10H2,1-4H3,(H2,14,16). The lowest BCUT2D eigenvalue weighted by molar-refractivity contribution is -0.124. The van der Waals surface area contributed by atoms with Crippen LogP contribution in [0.3, 0.4) is 0 Å². The maximum Gasteiger partial charge on any atom is 0.237 e. The van der Waals surface area contributed by atoms with E-state index in [1.165, 1.54) is 5.75 Å². The highest BCUT2D eigenvalue weighted by molar-refractivity contribution is 7.99. The van der Waals surface area contributed by atoms with Crippen molar-refractivity contribution in [2.75, 3.05) is 18.1 Å². The SMILES string of the molecule is CCCNC(C)(CCCSCC(C)C)C(N)=O. The summed E-state index contributed by atoms with van der Waals surface area (Å²) in [6, 6.07) is 0. The minimum absolute atomic E-state index is 0.236. The van der Waals surface area contributed by atoms with Gasteiger partial charge in [0.2, 0.25) is 5.91 Å². The first-order valence-electron chi connectivity index (χ1n) is 6.55. The number of hydrogen-bond acceptors (Lipinski definition) is 3. The molecule has 0 aliphatic rings. The molecule has 4 heteroatoms. The van der Waals surface area contributed by atoms with E-state index in [1.807, 2.05) is 18.7 Å². The van der Waals surface area contributed by atoms with Gasteiger partial charge in [0.25, 0.3) is 0 Å². The van der Waals surface area contributed by atoms with Crippen LogP contribution in [-0.4, -0.2) is 29.5 Å². The molecule has 0 aromatic rings. The fourth-order valence-electron chi connectivity index (χ4n) is 1.55. The van der Waals surface area contributed by atoms with E-state index in [0.29, 0.717) is 0 Å².